The summed E-state index contributed by atoms with van der Waals surface area (Å²) in [5, 5.41) is 3.19. The predicted octanol–water partition coefficient (Wildman–Crippen LogP) is 1.38. The molecule has 0 saturated carbocycles. The second-order valence-corrected chi connectivity index (χ2v) is 5.11. The summed E-state index contributed by atoms with van der Waals surface area (Å²) in [6, 6.07) is 0. The lowest BCUT2D eigenvalue weighted by atomic mass is 10.2. The summed E-state index contributed by atoms with van der Waals surface area (Å²) in [5.74, 6) is -0.312. The number of carbonyl (C=O) groups excluding carboxylic acids is 1. The van der Waals surface area contributed by atoms with Crippen LogP contribution in [-0.2, 0) is 19.0 Å². The molecule has 2 aliphatic rings. The van der Waals surface area contributed by atoms with E-state index in [2.05, 4.69) is 5.32 Å². The van der Waals surface area contributed by atoms with E-state index in [0.29, 0.717) is 6.61 Å². The zero-order chi connectivity index (χ0) is 13.5. The highest BCUT2D eigenvalue weighted by Gasteiger charge is 2.17. The minimum absolute atomic E-state index is 0.0810. The van der Waals surface area contributed by atoms with Crippen molar-refractivity contribution in [2.75, 3.05) is 26.4 Å². The molecule has 19 heavy (non-hydrogen) atoms. The molecule has 1 N–H and O–H groups in total. The minimum Gasteiger partial charge on any atom is -0.460 e. The van der Waals surface area contributed by atoms with E-state index >= 15 is 0 Å². The van der Waals surface area contributed by atoms with Crippen molar-refractivity contribution < 1.29 is 19.0 Å². The molecule has 2 unspecified atom stereocenters. The number of hydrogen-bond donors (Lipinski definition) is 1. The van der Waals surface area contributed by atoms with Crippen LogP contribution in [0.2, 0.25) is 0 Å². The van der Waals surface area contributed by atoms with E-state index in [1.807, 2.05) is 6.92 Å². The summed E-state index contributed by atoms with van der Waals surface area (Å²) >= 11 is 0. The fourth-order valence-corrected chi connectivity index (χ4v) is 2.30. The van der Waals surface area contributed by atoms with Gasteiger partial charge in [-0.05, 0) is 32.6 Å². The van der Waals surface area contributed by atoms with E-state index in [9.17, 15) is 4.79 Å². The number of nitrogens with one attached hydrogen (secondary N) is 1. The Morgan fingerprint density at radius 1 is 1.26 bits per heavy atom. The van der Waals surface area contributed by atoms with Crippen LogP contribution in [0, 0.1) is 0 Å². The van der Waals surface area contributed by atoms with Gasteiger partial charge in [0, 0.05) is 31.5 Å². The molecule has 0 spiro atoms. The van der Waals surface area contributed by atoms with Crippen LogP contribution in [0.15, 0.2) is 11.8 Å². The van der Waals surface area contributed by atoms with Gasteiger partial charge in [0.2, 0.25) is 0 Å². The Labute approximate surface area is 114 Å². The van der Waals surface area contributed by atoms with Gasteiger partial charge in [0.05, 0.1) is 12.2 Å². The van der Waals surface area contributed by atoms with Crippen molar-refractivity contribution in [2.24, 2.45) is 0 Å². The largest absolute Gasteiger partial charge is 0.460 e. The van der Waals surface area contributed by atoms with E-state index in [4.69, 9.17) is 14.2 Å². The molecular formula is C14H23NO4. The van der Waals surface area contributed by atoms with Gasteiger partial charge in [0.1, 0.15) is 6.61 Å². The summed E-state index contributed by atoms with van der Waals surface area (Å²) in [6.07, 6.45) is 6.09. The van der Waals surface area contributed by atoms with Crippen molar-refractivity contribution in [3.05, 3.63) is 11.8 Å². The quantitative estimate of drug-likeness (QED) is 0.583. The maximum absolute atomic E-state index is 11.6. The van der Waals surface area contributed by atoms with Crippen LogP contribution in [0.5, 0.6) is 0 Å². The first kappa shape index (κ1) is 14.3. The van der Waals surface area contributed by atoms with Crippen molar-refractivity contribution in [1.82, 2.24) is 5.32 Å². The molecule has 0 amide bonds. The molecule has 0 aromatic heterocycles. The molecule has 2 aliphatic heterocycles. The number of allylic oxidation sites excluding steroid dienone is 1. The molecule has 0 radical (unpaired) electrons. The highest BCUT2D eigenvalue weighted by atomic mass is 16.6. The highest BCUT2D eigenvalue weighted by Crippen LogP contribution is 2.12. The van der Waals surface area contributed by atoms with Gasteiger partial charge >= 0.3 is 5.97 Å². The van der Waals surface area contributed by atoms with Crippen molar-refractivity contribution in [3.63, 3.8) is 0 Å². The standard InChI is InChI=1S/C14H23NO4/c1-11(15-9-12-4-2-6-17-12)8-14(16)19-10-13-5-3-7-18-13/h8,12-13,15H,2-7,9-10H2,1H3. The van der Waals surface area contributed by atoms with Crippen molar-refractivity contribution >= 4 is 5.97 Å². The molecule has 5 heteroatoms. The lowest BCUT2D eigenvalue weighted by Gasteiger charge is -2.12. The van der Waals surface area contributed by atoms with Crippen LogP contribution in [0.25, 0.3) is 0 Å². The first-order chi connectivity index (χ1) is 9.24. The van der Waals surface area contributed by atoms with E-state index in [0.717, 1.165) is 51.1 Å². The van der Waals surface area contributed by atoms with E-state index in [-0.39, 0.29) is 18.2 Å². The van der Waals surface area contributed by atoms with Gasteiger partial charge in [-0.2, -0.15) is 0 Å². The maximum atomic E-state index is 11.6. The molecule has 2 atom stereocenters. The zero-order valence-electron chi connectivity index (χ0n) is 11.5. The van der Waals surface area contributed by atoms with Crippen LogP contribution in [0.1, 0.15) is 32.6 Å². The first-order valence-electron chi connectivity index (χ1n) is 7.06. The first-order valence-corrected chi connectivity index (χ1v) is 7.06. The molecule has 0 aliphatic carbocycles. The normalized spacial score (nSPS) is 27.5. The van der Waals surface area contributed by atoms with Gasteiger partial charge in [0.15, 0.2) is 0 Å². The highest BCUT2D eigenvalue weighted by molar-refractivity contribution is 5.82. The molecule has 2 heterocycles. The Balaban J connectivity index is 1.62. The number of rotatable bonds is 6. The monoisotopic (exact) mass is 269 g/mol. The van der Waals surface area contributed by atoms with Gasteiger partial charge in [-0.3, -0.25) is 0 Å². The van der Waals surface area contributed by atoms with Crippen molar-refractivity contribution in [2.45, 2.75) is 44.8 Å². The Hall–Kier alpha value is -1.07. The molecule has 0 aromatic carbocycles. The SMILES string of the molecule is CC(=CC(=O)OCC1CCCO1)NCC1CCCO1. The zero-order valence-corrected chi connectivity index (χ0v) is 11.5. The van der Waals surface area contributed by atoms with Gasteiger partial charge < -0.3 is 19.5 Å². The molecule has 2 fully saturated rings. The number of hydrogen-bond acceptors (Lipinski definition) is 5. The average Bonchev–Trinajstić information content (AvgIpc) is 3.07. The number of carbonyl (C=O) groups is 1. The molecule has 2 rings (SSSR count). The van der Waals surface area contributed by atoms with Gasteiger partial charge in [0.25, 0.3) is 0 Å². The summed E-state index contributed by atoms with van der Waals surface area (Å²) < 4.78 is 16.1. The Kier molecular flexibility index (Phi) is 5.66. The van der Waals surface area contributed by atoms with Crippen molar-refractivity contribution in [3.8, 4) is 0 Å². The van der Waals surface area contributed by atoms with Gasteiger partial charge in [-0.25, -0.2) is 4.79 Å². The van der Waals surface area contributed by atoms with Gasteiger partial charge in [-0.15, -0.1) is 0 Å². The Morgan fingerprint density at radius 2 is 1.95 bits per heavy atom. The smallest absolute Gasteiger partial charge is 0.332 e. The van der Waals surface area contributed by atoms with Crippen LogP contribution in [0.3, 0.4) is 0 Å². The van der Waals surface area contributed by atoms with Crippen LogP contribution < -0.4 is 5.32 Å². The molecule has 108 valence electrons. The second kappa shape index (κ2) is 7.50. The molecule has 0 aromatic rings. The van der Waals surface area contributed by atoms with Crippen LogP contribution in [0.4, 0.5) is 0 Å². The lowest BCUT2D eigenvalue weighted by molar-refractivity contribution is -0.141. The summed E-state index contributed by atoms with van der Waals surface area (Å²) in [4.78, 5) is 11.6. The third kappa shape index (κ3) is 5.20. The molecule has 2 saturated heterocycles. The third-order valence-electron chi connectivity index (χ3n) is 3.40. The summed E-state index contributed by atoms with van der Waals surface area (Å²) in [7, 11) is 0. The second-order valence-electron chi connectivity index (χ2n) is 5.11. The topological polar surface area (TPSA) is 56.8 Å². The Morgan fingerprint density at radius 3 is 2.58 bits per heavy atom. The third-order valence-corrected chi connectivity index (χ3v) is 3.40. The van der Waals surface area contributed by atoms with Crippen LogP contribution >= 0.6 is 0 Å². The minimum atomic E-state index is -0.312. The number of esters is 1. The van der Waals surface area contributed by atoms with E-state index in [1.165, 1.54) is 6.08 Å². The van der Waals surface area contributed by atoms with Gasteiger partial charge in [-0.1, -0.05) is 0 Å². The molecular weight excluding hydrogens is 246 g/mol. The van der Waals surface area contributed by atoms with E-state index < -0.39 is 0 Å². The van der Waals surface area contributed by atoms with Crippen molar-refractivity contribution in [1.29, 1.82) is 0 Å². The molecule has 0 bridgehead atoms. The predicted molar refractivity (Wildman–Crippen MR) is 70.7 cm³/mol. The fourth-order valence-electron chi connectivity index (χ4n) is 2.30. The summed E-state index contributed by atoms with van der Waals surface area (Å²) in [5.41, 5.74) is 0.813. The Bertz CT molecular complexity index is 317. The average molecular weight is 269 g/mol. The lowest BCUT2D eigenvalue weighted by Crippen LogP contribution is -2.25. The van der Waals surface area contributed by atoms with Crippen LogP contribution in [-0.4, -0.2) is 44.5 Å². The molecule has 5 nitrogen and oxygen atoms in total. The number of ether oxygens (including phenoxy) is 3. The van der Waals surface area contributed by atoms with E-state index in [1.54, 1.807) is 0 Å². The fraction of sp³-hybridized carbons (Fsp3) is 0.786. The maximum Gasteiger partial charge on any atom is 0.332 e. The summed E-state index contributed by atoms with van der Waals surface area (Å²) in [6.45, 7) is 4.59.